The van der Waals surface area contributed by atoms with Crippen molar-refractivity contribution in [3.8, 4) is 0 Å². The Morgan fingerprint density at radius 2 is 1.88 bits per heavy atom. The first kappa shape index (κ1) is 13.5. The van der Waals surface area contributed by atoms with Gasteiger partial charge in [-0.25, -0.2) is 4.79 Å². The van der Waals surface area contributed by atoms with E-state index in [1.807, 2.05) is 43.3 Å². The molecule has 0 spiro atoms. The lowest BCUT2D eigenvalue weighted by Gasteiger charge is -2.16. The molecule has 17 heavy (non-hydrogen) atoms. The van der Waals surface area contributed by atoms with E-state index in [-0.39, 0.29) is 5.97 Å². The largest absolute Gasteiger partial charge is 0.464 e. The van der Waals surface area contributed by atoms with Crippen molar-refractivity contribution >= 4 is 11.7 Å². The Kier molecular flexibility index (Phi) is 4.97. The first-order chi connectivity index (χ1) is 8.10. The monoisotopic (exact) mass is 237 g/mol. The van der Waals surface area contributed by atoms with E-state index in [9.17, 15) is 4.79 Å². The Hall–Kier alpha value is -1.55. The summed E-state index contributed by atoms with van der Waals surface area (Å²) in [6, 6.07) is 7.64. The summed E-state index contributed by atoms with van der Waals surface area (Å²) in [7, 11) is 5.43. The molecule has 0 aliphatic heterocycles. The molecule has 0 heterocycles. The van der Waals surface area contributed by atoms with Gasteiger partial charge in [-0.2, -0.15) is 0 Å². The Balaban J connectivity index is 2.85. The van der Waals surface area contributed by atoms with Gasteiger partial charge in [-0.15, -0.1) is 0 Å². The molecule has 0 saturated carbocycles. The molecule has 0 radical (unpaired) electrons. The molecule has 4 heteroatoms. The summed E-state index contributed by atoms with van der Waals surface area (Å²) < 4.78 is 10.1. The van der Waals surface area contributed by atoms with Crippen molar-refractivity contribution in [2.75, 3.05) is 32.7 Å². The molecule has 0 saturated heterocycles. The molecular formula is C13H19NO3. The highest BCUT2D eigenvalue weighted by molar-refractivity contribution is 5.76. The van der Waals surface area contributed by atoms with E-state index < -0.39 is 6.10 Å². The van der Waals surface area contributed by atoms with E-state index in [4.69, 9.17) is 9.47 Å². The number of benzene rings is 1. The number of rotatable bonds is 5. The number of nitrogens with zero attached hydrogens (tertiary/aromatic N) is 1. The van der Waals surface area contributed by atoms with E-state index in [0.29, 0.717) is 6.61 Å². The minimum absolute atomic E-state index is 0.354. The number of carbonyl (C=O) groups excluding carboxylic acids is 1. The summed E-state index contributed by atoms with van der Waals surface area (Å²) >= 11 is 0. The number of methoxy groups -OCH3 is 1. The van der Waals surface area contributed by atoms with Crippen LogP contribution in [-0.4, -0.2) is 33.8 Å². The van der Waals surface area contributed by atoms with Crippen LogP contribution in [0.25, 0.3) is 0 Å². The number of hydrogen-bond acceptors (Lipinski definition) is 4. The van der Waals surface area contributed by atoms with Gasteiger partial charge in [0.05, 0.1) is 6.61 Å². The van der Waals surface area contributed by atoms with Crippen molar-refractivity contribution in [1.29, 1.82) is 0 Å². The SMILES string of the molecule is CCOC(=O)C(OC)c1ccc(N(C)C)cc1. The molecule has 1 aromatic carbocycles. The number of anilines is 1. The van der Waals surface area contributed by atoms with Crippen LogP contribution in [-0.2, 0) is 14.3 Å². The molecule has 0 aliphatic rings. The maximum absolute atomic E-state index is 11.6. The van der Waals surface area contributed by atoms with Gasteiger partial charge in [0.2, 0.25) is 0 Å². The van der Waals surface area contributed by atoms with Gasteiger partial charge in [0, 0.05) is 26.9 Å². The van der Waals surface area contributed by atoms with Gasteiger partial charge in [0.25, 0.3) is 0 Å². The molecule has 4 nitrogen and oxygen atoms in total. The molecule has 1 rings (SSSR count). The Bertz CT molecular complexity index is 359. The second-order valence-electron chi connectivity index (χ2n) is 3.85. The number of ether oxygens (including phenoxy) is 2. The summed E-state index contributed by atoms with van der Waals surface area (Å²) in [4.78, 5) is 13.6. The summed E-state index contributed by atoms with van der Waals surface area (Å²) in [6.45, 7) is 2.13. The van der Waals surface area contributed by atoms with Crippen molar-refractivity contribution in [1.82, 2.24) is 0 Å². The van der Waals surface area contributed by atoms with Crippen LogP contribution in [0.4, 0.5) is 5.69 Å². The van der Waals surface area contributed by atoms with Gasteiger partial charge in [-0.1, -0.05) is 12.1 Å². The van der Waals surface area contributed by atoms with Gasteiger partial charge in [-0.05, 0) is 24.6 Å². The predicted octanol–water partition coefficient (Wildman–Crippen LogP) is 2.00. The third-order valence-electron chi connectivity index (χ3n) is 2.45. The summed E-state index contributed by atoms with van der Waals surface area (Å²) in [5, 5.41) is 0. The van der Waals surface area contributed by atoms with E-state index in [2.05, 4.69) is 0 Å². The third-order valence-corrected chi connectivity index (χ3v) is 2.45. The van der Waals surface area contributed by atoms with Crippen molar-refractivity contribution in [2.45, 2.75) is 13.0 Å². The normalized spacial score (nSPS) is 12.0. The Labute approximate surface area is 102 Å². The molecule has 0 aliphatic carbocycles. The van der Waals surface area contributed by atoms with Gasteiger partial charge < -0.3 is 14.4 Å². The highest BCUT2D eigenvalue weighted by atomic mass is 16.6. The van der Waals surface area contributed by atoms with Gasteiger partial charge in [-0.3, -0.25) is 0 Å². The van der Waals surface area contributed by atoms with Crippen LogP contribution < -0.4 is 4.90 Å². The van der Waals surface area contributed by atoms with E-state index in [1.54, 1.807) is 6.92 Å². The minimum Gasteiger partial charge on any atom is -0.464 e. The minimum atomic E-state index is -0.647. The topological polar surface area (TPSA) is 38.8 Å². The smallest absolute Gasteiger partial charge is 0.339 e. The fourth-order valence-electron chi connectivity index (χ4n) is 1.53. The van der Waals surface area contributed by atoms with Crippen LogP contribution in [0.2, 0.25) is 0 Å². The molecule has 94 valence electrons. The van der Waals surface area contributed by atoms with Gasteiger partial charge in [0.1, 0.15) is 0 Å². The van der Waals surface area contributed by atoms with Crippen LogP contribution in [0.5, 0.6) is 0 Å². The standard InChI is InChI=1S/C13H19NO3/c1-5-17-13(15)12(16-4)10-6-8-11(9-7-10)14(2)3/h6-9,12H,5H2,1-4H3. The van der Waals surface area contributed by atoms with E-state index >= 15 is 0 Å². The maximum Gasteiger partial charge on any atom is 0.339 e. The van der Waals surface area contributed by atoms with Crippen molar-refractivity contribution in [3.63, 3.8) is 0 Å². The van der Waals surface area contributed by atoms with Crippen LogP contribution in [0.3, 0.4) is 0 Å². The fourth-order valence-corrected chi connectivity index (χ4v) is 1.53. The zero-order valence-corrected chi connectivity index (χ0v) is 10.8. The molecule has 1 aromatic rings. The van der Waals surface area contributed by atoms with E-state index in [1.165, 1.54) is 7.11 Å². The molecular weight excluding hydrogens is 218 g/mol. The van der Waals surface area contributed by atoms with Crippen molar-refractivity contribution in [3.05, 3.63) is 29.8 Å². The average Bonchev–Trinajstić information content (AvgIpc) is 2.31. The maximum atomic E-state index is 11.6. The fraction of sp³-hybridized carbons (Fsp3) is 0.462. The second kappa shape index (κ2) is 6.25. The third kappa shape index (κ3) is 3.46. The van der Waals surface area contributed by atoms with Crippen LogP contribution in [0, 0.1) is 0 Å². The number of esters is 1. The summed E-state index contributed by atoms with van der Waals surface area (Å²) in [5.41, 5.74) is 1.88. The Morgan fingerprint density at radius 1 is 1.29 bits per heavy atom. The van der Waals surface area contributed by atoms with Crippen LogP contribution >= 0.6 is 0 Å². The predicted molar refractivity (Wildman–Crippen MR) is 67.2 cm³/mol. The van der Waals surface area contributed by atoms with Gasteiger partial charge >= 0.3 is 5.97 Å². The zero-order valence-electron chi connectivity index (χ0n) is 10.8. The highest BCUT2D eigenvalue weighted by Crippen LogP contribution is 2.21. The lowest BCUT2D eigenvalue weighted by molar-refractivity contribution is -0.155. The summed E-state index contributed by atoms with van der Waals surface area (Å²) in [6.07, 6.45) is -0.647. The first-order valence-electron chi connectivity index (χ1n) is 5.56. The average molecular weight is 237 g/mol. The van der Waals surface area contributed by atoms with Crippen LogP contribution in [0.1, 0.15) is 18.6 Å². The first-order valence-corrected chi connectivity index (χ1v) is 5.56. The molecule has 0 fully saturated rings. The van der Waals surface area contributed by atoms with Crippen molar-refractivity contribution < 1.29 is 14.3 Å². The lowest BCUT2D eigenvalue weighted by Crippen LogP contribution is -2.18. The lowest BCUT2D eigenvalue weighted by atomic mass is 10.1. The molecule has 0 aromatic heterocycles. The van der Waals surface area contributed by atoms with Gasteiger partial charge in [0.15, 0.2) is 6.10 Å². The van der Waals surface area contributed by atoms with Crippen molar-refractivity contribution in [2.24, 2.45) is 0 Å². The number of carbonyl (C=O) groups is 1. The van der Waals surface area contributed by atoms with Crippen LogP contribution in [0.15, 0.2) is 24.3 Å². The molecule has 0 amide bonds. The number of hydrogen-bond donors (Lipinski definition) is 0. The molecule has 0 bridgehead atoms. The highest BCUT2D eigenvalue weighted by Gasteiger charge is 2.21. The summed E-state index contributed by atoms with van der Waals surface area (Å²) in [5.74, 6) is -0.354. The Morgan fingerprint density at radius 3 is 2.29 bits per heavy atom. The molecule has 1 atom stereocenters. The van der Waals surface area contributed by atoms with E-state index in [0.717, 1.165) is 11.3 Å². The zero-order chi connectivity index (χ0) is 12.8. The second-order valence-corrected chi connectivity index (χ2v) is 3.85. The molecule has 0 N–H and O–H groups in total. The quantitative estimate of drug-likeness (QED) is 0.734. The molecule has 1 unspecified atom stereocenters.